The third-order valence-corrected chi connectivity index (χ3v) is 1.95. The number of nitrogens with zero attached hydrogens (tertiary/aromatic N) is 2. The number of hydrogen-bond acceptors (Lipinski definition) is 3. The second-order valence-electron chi connectivity index (χ2n) is 5.11. The van der Waals surface area contributed by atoms with Crippen LogP contribution >= 0.6 is 0 Å². The summed E-state index contributed by atoms with van der Waals surface area (Å²) >= 11 is 0. The summed E-state index contributed by atoms with van der Waals surface area (Å²) in [5.74, 6) is 1.38. The molecule has 0 atom stereocenters. The Morgan fingerprint density at radius 1 is 1.47 bits per heavy atom. The van der Waals surface area contributed by atoms with Crippen molar-refractivity contribution in [2.24, 2.45) is 5.41 Å². The van der Waals surface area contributed by atoms with Crippen molar-refractivity contribution in [3.05, 3.63) is 22.2 Å². The molecule has 0 aliphatic rings. The number of aryl methyl sites for hydroxylation is 1. The van der Waals surface area contributed by atoms with Gasteiger partial charge in [0.2, 0.25) is 0 Å². The SMILES string of the molecule is Cc1nc(N(C)CC(C)(C)C)cc(=O)[nH]1. The molecule has 0 amide bonds. The van der Waals surface area contributed by atoms with Gasteiger partial charge in [-0.2, -0.15) is 0 Å². The highest BCUT2D eigenvalue weighted by Gasteiger charge is 2.15. The second kappa shape index (κ2) is 4.04. The zero-order valence-corrected chi connectivity index (χ0v) is 10.1. The predicted octanol–water partition coefficient (Wildman–Crippen LogP) is 1.56. The summed E-state index contributed by atoms with van der Waals surface area (Å²) < 4.78 is 0. The van der Waals surface area contributed by atoms with Crippen LogP contribution in [0.1, 0.15) is 26.6 Å². The van der Waals surface area contributed by atoms with E-state index in [9.17, 15) is 4.79 Å². The van der Waals surface area contributed by atoms with E-state index in [0.29, 0.717) is 5.82 Å². The first kappa shape index (κ1) is 11.8. The number of aromatic nitrogens is 2. The standard InChI is InChI=1S/C11H19N3O/c1-8-12-9(6-10(15)13-8)14(5)7-11(2,3)4/h6H,7H2,1-5H3,(H,12,13,15). The van der Waals surface area contributed by atoms with Crippen molar-refractivity contribution >= 4 is 5.82 Å². The first-order valence-electron chi connectivity index (χ1n) is 5.07. The van der Waals surface area contributed by atoms with Crippen molar-refractivity contribution in [1.29, 1.82) is 0 Å². The van der Waals surface area contributed by atoms with E-state index >= 15 is 0 Å². The molecule has 0 bridgehead atoms. The first-order valence-corrected chi connectivity index (χ1v) is 5.07. The lowest BCUT2D eigenvalue weighted by molar-refractivity contribution is 0.417. The van der Waals surface area contributed by atoms with Crippen LogP contribution in [0.2, 0.25) is 0 Å². The van der Waals surface area contributed by atoms with Crippen molar-refractivity contribution in [2.75, 3.05) is 18.5 Å². The zero-order valence-electron chi connectivity index (χ0n) is 10.1. The Kier molecular flexibility index (Phi) is 3.17. The monoisotopic (exact) mass is 209 g/mol. The molecule has 0 unspecified atom stereocenters. The fourth-order valence-electron chi connectivity index (χ4n) is 1.55. The molecule has 0 aromatic carbocycles. The first-order chi connectivity index (χ1) is 6.78. The molecule has 1 aromatic heterocycles. The van der Waals surface area contributed by atoms with Gasteiger partial charge in [0.25, 0.3) is 5.56 Å². The van der Waals surface area contributed by atoms with E-state index in [1.165, 1.54) is 6.07 Å². The quantitative estimate of drug-likeness (QED) is 0.804. The predicted molar refractivity (Wildman–Crippen MR) is 62.3 cm³/mol. The fraction of sp³-hybridized carbons (Fsp3) is 0.636. The van der Waals surface area contributed by atoms with E-state index in [4.69, 9.17) is 0 Å². The number of anilines is 1. The molecule has 1 rings (SSSR count). The van der Waals surface area contributed by atoms with Gasteiger partial charge < -0.3 is 9.88 Å². The van der Waals surface area contributed by atoms with Crippen LogP contribution < -0.4 is 10.5 Å². The molecule has 1 aromatic rings. The summed E-state index contributed by atoms with van der Waals surface area (Å²) in [6.07, 6.45) is 0. The summed E-state index contributed by atoms with van der Waals surface area (Å²) in [4.78, 5) is 20.2. The van der Waals surface area contributed by atoms with Gasteiger partial charge in [0.15, 0.2) is 0 Å². The van der Waals surface area contributed by atoms with Crippen molar-refractivity contribution in [1.82, 2.24) is 9.97 Å². The Morgan fingerprint density at radius 2 is 2.07 bits per heavy atom. The maximum absolute atomic E-state index is 11.3. The van der Waals surface area contributed by atoms with E-state index in [1.807, 2.05) is 11.9 Å². The van der Waals surface area contributed by atoms with Crippen LogP contribution in [0.4, 0.5) is 5.82 Å². The molecule has 0 fully saturated rings. The minimum Gasteiger partial charge on any atom is -0.359 e. The average molecular weight is 209 g/mol. The van der Waals surface area contributed by atoms with Crippen LogP contribution in [-0.2, 0) is 0 Å². The Morgan fingerprint density at radius 3 is 2.53 bits per heavy atom. The van der Waals surface area contributed by atoms with Crippen LogP contribution in [0.25, 0.3) is 0 Å². The molecule has 0 saturated carbocycles. The molecule has 4 nitrogen and oxygen atoms in total. The molecule has 0 aliphatic heterocycles. The van der Waals surface area contributed by atoms with E-state index in [-0.39, 0.29) is 11.0 Å². The lowest BCUT2D eigenvalue weighted by Gasteiger charge is -2.27. The molecule has 0 aliphatic carbocycles. The topological polar surface area (TPSA) is 49.0 Å². The maximum Gasteiger partial charge on any atom is 0.252 e. The number of aromatic amines is 1. The van der Waals surface area contributed by atoms with E-state index in [1.54, 1.807) is 6.92 Å². The van der Waals surface area contributed by atoms with Gasteiger partial charge in [-0.05, 0) is 12.3 Å². The van der Waals surface area contributed by atoms with Crippen molar-refractivity contribution < 1.29 is 0 Å². The highest BCUT2D eigenvalue weighted by Crippen LogP contribution is 2.17. The van der Waals surface area contributed by atoms with Crippen LogP contribution in [0.15, 0.2) is 10.9 Å². The fourth-order valence-corrected chi connectivity index (χ4v) is 1.55. The van der Waals surface area contributed by atoms with Crippen LogP contribution in [-0.4, -0.2) is 23.6 Å². The van der Waals surface area contributed by atoms with E-state index < -0.39 is 0 Å². The third kappa shape index (κ3) is 3.73. The van der Waals surface area contributed by atoms with Crippen LogP contribution in [0.3, 0.4) is 0 Å². The molecule has 0 spiro atoms. The molecule has 0 radical (unpaired) electrons. The number of nitrogens with one attached hydrogen (secondary N) is 1. The molecule has 1 heterocycles. The van der Waals surface area contributed by atoms with Gasteiger partial charge in [0, 0.05) is 19.7 Å². The van der Waals surface area contributed by atoms with Crippen molar-refractivity contribution in [3.8, 4) is 0 Å². The highest BCUT2D eigenvalue weighted by molar-refractivity contribution is 5.36. The largest absolute Gasteiger partial charge is 0.359 e. The number of H-pyrrole nitrogens is 1. The Bertz CT molecular complexity index is 390. The second-order valence-corrected chi connectivity index (χ2v) is 5.11. The molecular weight excluding hydrogens is 190 g/mol. The lowest BCUT2D eigenvalue weighted by Crippen LogP contribution is -2.30. The number of rotatable bonds is 2. The van der Waals surface area contributed by atoms with Crippen LogP contribution in [0.5, 0.6) is 0 Å². The van der Waals surface area contributed by atoms with E-state index in [2.05, 4.69) is 30.7 Å². The molecule has 84 valence electrons. The van der Waals surface area contributed by atoms with Crippen LogP contribution in [0, 0.1) is 12.3 Å². The van der Waals surface area contributed by atoms with Gasteiger partial charge in [-0.15, -0.1) is 0 Å². The van der Waals surface area contributed by atoms with Gasteiger partial charge >= 0.3 is 0 Å². The Hall–Kier alpha value is -1.32. The molecular formula is C11H19N3O. The minimum atomic E-state index is -0.0988. The summed E-state index contributed by atoms with van der Waals surface area (Å²) in [5.41, 5.74) is 0.0886. The normalized spacial score (nSPS) is 11.5. The third-order valence-electron chi connectivity index (χ3n) is 1.95. The molecule has 4 heteroatoms. The lowest BCUT2D eigenvalue weighted by atomic mass is 9.96. The van der Waals surface area contributed by atoms with Crippen molar-refractivity contribution in [3.63, 3.8) is 0 Å². The molecule has 1 N–H and O–H groups in total. The van der Waals surface area contributed by atoms with E-state index in [0.717, 1.165) is 12.4 Å². The van der Waals surface area contributed by atoms with Crippen molar-refractivity contribution in [2.45, 2.75) is 27.7 Å². The summed E-state index contributed by atoms with van der Waals surface area (Å²) in [6, 6.07) is 1.53. The molecule has 15 heavy (non-hydrogen) atoms. The smallest absolute Gasteiger partial charge is 0.252 e. The zero-order chi connectivity index (χ0) is 11.6. The average Bonchev–Trinajstić information content (AvgIpc) is 1.98. The van der Waals surface area contributed by atoms with Gasteiger partial charge in [0.1, 0.15) is 11.6 Å². The minimum absolute atomic E-state index is 0.0988. The summed E-state index contributed by atoms with van der Waals surface area (Å²) in [7, 11) is 1.95. The molecule has 0 saturated heterocycles. The Balaban J connectivity index is 2.91. The van der Waals surface area contributed by atoms with Gasteiger partial charge in [-0.25, -0.2) is 4.98 Å². The van der Waals surface area contributed by atoms with Gasteiger partial charge in [-0.3, -0.25) is 4.79 Å². The number of hydrogen-bond donors (Lipinski definition) is 1. The van der Waals surface area contributed by atoms with Gasteiger partial charge in [-0.1, -0.05) is 20.8 Å². The summed E-state index contributed by atoms with van der Waals surface area (Å²) in [6.45, 7) is 9.12. The highest BCUT2D eigenvalue weighted by atomic mass is 16.1. The summed E-state index contributed by atoms with van der Waals surface area (Å²) in [5, 5.41) is 0. The Labute approximate surface area is 90.3 Å². The maximum atomic E-state index is 11.3. The van der Waals surface area contributed by atoms with Gasteiger partial charge in [0.05, 0.1) is 0 Å².